The van der Waals surface area contributed by atoms with Crippen molar-refractivity contribution in [2.75, 3.05) is 25.1 Å². The zero-order chi connectivity index (χ0) is 14.5. The first-order valence-electron chi connectivity index (χ1n) is 7.05. The second-order valence-electron chi connectivity index (χ2n) is 4.99. The number of piperidine rings is 1. The zero-order valence-electron chi connectivity index (χ0n) is 12.0. The van der Waals surface area contributed by atoms with Crippen molar-refractivity contribution in [2.45, 2.75) is 32.2 Å². The van der Waals surface area contributed by atoms with Crippen LogP contribution in [-0.2, 0) is 4.79 Å². The largest absolute Gasteiger partial charge is 0.497 e. The number of nitrogens with one attached hydrogen (secondary N) is 1. The predicted molar refractivity (Wildman–Crippen MR) is 84.4 cm³/mol. The molecule has 1 heterocycles. The Kier molecular flexibility index (Phi) is 5.43. The third kappa shape index (κ3) is 3.52. The average molecular weight is 341 g/mol. The number of carbonyl (C=O) groups excluding carboxylic acids is 1. The van der Waals surface area contributed by atoms with Gasteiger partial charge in [-0.25, -0.2) is 0 Å². The second-order valence-corrected chi connectivity index (χ2v) is 5.90. The van der Waals surface area contributed by atoms with Crippen molar-refractivity contribution in [3.05, 3.63) is 22.7 Å². The van der Waals surface area contributed by atoms with Gasteiger partial charge in [0.25, 0.3) is 0 Å². The van der Waals surface area contributed by atoms with Crippen LogP contribution in [0.1, 0.15) is 26.2 Å². The van der Waals surface area contributed by atoms with E-state index in [4.69, 9.17) is 4.74 Å². The first kappa shape index (κ1) is 15.3. The molecule has 1 aliphatic rings. The Morgan fingerprint density at radius 3 is 2.95 bits per heavy atom. The van der Waals surface area contributed by atoms with Gasteiger partial charge in [-0.05, 0) is 37.9 Å². The molecule has 0 saturated carbocycles. The summed E-state index contributed by atoms with van der Waals surface area (Å²) in [5.41, 5.74) is 0.893. The minimum Gasteiger partial charge on any atom is -0.497 e. The summed E-state index contributed by atoms with van der Waals surface area (Å²) < 4.78 is 6.19. The summed E-state index contributed by atoms with van der Waals surface area (Å²) in [6, 6.07) is 5.70. The average Bonchev–Trinajstić information content (AvgIpc) is 2.45. The van der Waals surface area contributed by atoms with Crippen LogP contribution >= 0.6 is 15.9 Å². The molecule has 0 spiro atoms. The molecular weight excluding hydrogens is 320 g/mol. The number of nitrogens with zero attached hydrogens (tertiary/aromatic N) is 1. The molecule has 1 amide bonds. The highest BCUT2D eigenvalue weighted by Crippen LogP contribution is 2.29. The molecule has 1 aromatic carbocycles. The number of rotatable bonds is 5. The summed E-state index contributed by atoms with van der Waals surface area (Å²) in [7, 11) is 1.63. The van der Waals surface area contributed by atoms with Gasteiger partial charge in [0.2, 0.25) is 5.91 Å². The smallest absolute Gasteiger partial charge is 0.244 e. The van der Waals surface area contributed by atoms with E-state index in [1.54, 1.807) is 7.11 Å². The van der Waals surface area contributed by atoms with E-state index in [0.29, 0.717) is 0 Å². The van der Waals surface area contributed by atoms with Crippen LogP contribution in [0.2, 0.25) is 0 Å². The highest BCUT2D eigenvalue weighted by molar-refractivity contribution is 9.10. The fourth-order valence-electron chi connectivity index (χ4n) is 2.46. The van der Waals surface area contributed by atoms with E-state index in [2.05, 4.69) is 28.2 Å². The number of carbonyl (C=O) groups is 1. The number of anilines is 1. The zero-order valence-corrected chi connectivity index (χ0v) is 13.6. The quantitative estimate of drug-likeness (QED) is 0.895. The van der Waals surface area contributed by atoms with E-state index >= 15 is 0 Å². The fourth-order valence-corrected chi connectivity index (χ4v) is 2.92. The van der Waals surface area contributed by atoms with Gasteiger partial charge in [0.05, 0.1) is 13.2 Å². The van der Waals surface area contributed by atoms with Crippen molar-refractivity contribution in [1.82, 2.24) is 5.32 Å². The van der Waals surface area contributed by atoms with Crippen molar-refractivity contribution < 1.29 is 9.53 Å². The van der Waals surface area contributed by atoms with E-state index in [0.717, 1.165) is 48.3 Å². The molecule has 0 bridgehead atoms. The Morgan fingerprint density at radius 1 is 1.45 bits per heavy atom. The van der Waals surface area contributed by atoms with Crippen molar-refractivity contribution in [1.29, 1.82) is 0 Å². The third-order valence-corrected chi connectivity index (χ3v) is 3.94. The number of methoxy groups -OCH3 is 1. The molecular formula is C15H21BrN2O2. The van der Waals surface area contributed by atoms with Crippen LogP contribution in [0.5, 0.6) is 5.75 Å². The van der Waals surface area contributed by atoms with Crippen molar-refractivity contribution in [2.24, 2.45) is 0 Å². The first-order valence-corrected chi connectivity index (χ1v) is 7.84. The van der Waals surface area contributed by atoms with E-state index < -0.39 is 0 Å². The third-order valence-electron chi connectivity index (χ3n) is 3.48. The number of benzene rings is 1. The molecule has 20 heavy (non-hydrogen) atoms. The number of hydrogen-bond acceptors (Lipinski definition) is 3. The highest BCUT2D eigenvalue weighted by Gasteiger charge is 2.29. The molecule has 4 nitrogen and oxygen atoms in total. The lowest BCUT2D eigenvalue weighted by Crippen LogP contribution is -2.51. The maximum atomic E-state index is 12.6. The summed E-state index contributed by atoms with van der Waals surface area (Å²) in [4.78, 5) is 14.4. The van der Waals surface area contributed by atoms with Crippen LogP contribution in [-0.4, -0.2) is 32.1 Å². The van der Waals surface area contributed by atoms with E-state index in [9.17, 15) is 4.79 Å². The maximum absolute atomic E-state index is 12.6. The Balaban J connectivity index is 2.18. The Morgan fingerprint density at radius 2 is 2.25 bits per heavy atom. The monoisotopic (exact) mass is 340 g/mol. The lowest BCUT2D eigenvalue weighted by molar-refractivity contribution is -0.121. The first-order chi connectivity index (χ1) is 9.65. The molecule has 0 radical (unpaired) electrons. The van der Waals surface area contributed by atoms with Gasteiger partial charge in [-0.15, -0.1) is 0 Å². The van der Waals surface area contributed by atoms with Crippen LogP contribution < -0.4 is 15.0 Å². The number of halogens is 1. The van der Waals surface area contributed by atoms with Gasteiger partial charge in [0.15, 0.2) is 0 Å². The molecule has 1 aromatic rings. The second kappa shape index (κ2) is 7.09. The molecule has 0 aromatic heterocycles. The van der Waals surface area contributed by atoms with Crippen LogP contribution in [0, 0.1) is 0 Å². The van der Waals surface area contributed by atoms with Gasteiger partial charge in [-0.1, -0.05) is 22.9 Å². The Hall–Kier alpha value is -1.07. The molecule has 0 aliphatic carbocycles. The summed E-state index contributed by atoms with van der Waals surface area (Å²) >= 11 is 3.46. The molecule has 1 unspecified atom stereocenters. The maximum Gasteiger partial charge on any atom is 0.244 e. The van der Waals surface area contributed by atoms with Crippen molar-refractivity contribution in [3.63, 3.8) is 0 Å². The number of hydrogen-bond donors (Lipinski definition) is 1. The summed E-state index contributed by atoms with van der Waals surface area (Å²) in [6.45, 7) is 3.76. The minimum absolute atomic E-state index is 0.0614. The van der Waals surface area contributed by atoms with Crippen LogP contribution in [0.3, 0.4) is 0 Å². The van der Waals surface area contributed by atoms with Gasteiger partial charge in [-0.3, -0.25) is 4.79 Å². The highest BCUT2D eigenvalue weighted by atomic mass is 79.9. The van der Waals surface area contributed by atoms with Crippen LogP contribution in [0.25, 0.3) is 0 Å². The summed E-state index contributed by atoms with van der Waals surface area (Å²) in [6.07, 6.45) is 2.97. The van der Waals surface area contributed by atoms with E-state index in [1.165, 1.54) is 0 Å². The Bertz CT molecular complexity index is 479. The molecule has 1 N–H and O–H groups in total. The topological polar surface area (TPSA) is 41.6 Å². The number of ether oxygens (including phenoxy) is 1. The summed E-state index contributed by atoms with van der Waals surface area (Å²) in [5.74, 6) is 0.913. The lowest BCUT2D eigenvalue weighted by Gasteiger charge is -2.33. The molecule has 5 heteroatoms. The van der Waals surface area contributed by atoms with Crippen LogP contribution in [0.4, 0.5) is 5.69 Å². The van der Waals surface area contributed by atoms with Crippen molar-refractivity contribution >= 4 is 27.5 Å². The molecule has 2 rings (SSSR count). The van der Waals surface area contributed by atoms with Crippen LogP contribution in [0.15, 0.2) is 22.7 Å². The molecule has 110 valence electrons. The predicted octanol–water partition coefficient (Wildman–Crippen LogP) is 2.95. The fraction of sp³-hybridized carbons (Fsp3) is 0.533. The van der Waals surface area contributed by atoms with Gasteiger partial charge < -0.3 is 15.0 Å². The van der Waals surface area contributed by atoms with E-state index in [-0.39, 0.29) is 11.9 Å². The lowest BCUT2D eigenvalue weighted by atomic mass is 10.0. The van der Waals surface area contributed by atoms with Gasteiger partial charge in [-0.2, -0.15) is 0 Å². The molecule has 1 atom stereocenters. The normalized spacial score (nSPS) is 19.2. The summed E-state index contributed by atoms with van der Waals surface area (Å²) in [5, 5.41) is 3.33. The minimum atomic E-state index is -0.0614. The Labute approximate surface area is 128 Å². The number of amides is 1. The standard InChI is InChI=1S/C15H21BrN2O2/c1-3-6-17-14-5-4-7-18(15(14)19)12-8-11(16)9-13(10-12)20-2/h8-10,14,17H,3-7H2,1-2H3. The molecule has 1 fully saturated rings. The van der Waals surface area contributed by atoms with Gasteiger partial charge >= 0.3 is 0 Å². The van der Waals surface area contributed by atoms with E-state index in [1.807, 2.05) is 23.1 Å². The molecule has 1 aliphatic heterocycles. The van der Waals surface area contributed by atoms with Crippen molar-refractivity contribution in [3.8, 4) is 5.75 Å². The van der Waals surface area contributed by atoms with Gasteiger partial charge in [0.1, 0.15) is 5.75 Å². The SMILES string of the molecule is CCCNC1CCCN(c2cc(Br)cc(OC)c2)C1=O. The van der Waals surface area contributed by atoms with Gasteiger partial charge in [0, 0.05) is 22.8 Å². The molecule has 1 saturated heterocycles.